The molecule has 1 aliphatic carbocycles. The van der Waals surface area contributed by atoms with Gasteiger partial charge in [0.1, 0.15) is 23.8 Å². The number of aromatic nitrogens is 4. The van der Waals surface area contributed by atoms with Crippen molar-refractivity contribution in [1.29, 1.82) is 0 Å². The quantitative estimate of drug-likeness (QED) is 0.370. The average Bonchev–Trinajstić information content (AvgIpc) is 3.67. The zero-order chi connectivity index (χ0) is 26.5. The molecule has 1 N–H and O–H groups in total. The van der Waals surface area contributed by atoms with Gasteiger partial charge in [0.15, 0.2) is 5.76 Å². The van der Waals surface area contributed by atoms with E-state index >= 15 is 0 Å². The number of ether oxygens (including phenoxy) is 1. The fourth-order valence-electron chi connectivity index (χ4n) is 4.87. The number of tetrazole rings is 1. The molecule has 5 rings (SSSR count). The van der Waals surface area contributed by atoms with E-state index in [0.29, 0.717) is 22.7 Å². The Bertz CT molecular complexity index is 1360. The molecule has 0 spiro atoms. The molecule has 1 saturated carbocycles. The number of rotatable bonds is 8. The Morgan fingerprint density at radius 1 is 1.11 bits per heavy atom. The van der Waals surface area contributed by atoms with Gasteiger partial charge >= 0.3 is 0 Å². The molecule has 10 heteroatoms. The molecule has 0 unspecified atom stereocenters. The molecule has 38 heavy (non-hydrogen) atoms. The van der Waals surface area contributed by atoms with E-state index in [9.17, 15) is 9.59 Å². The van der Waals surface area contributed by atoms with Crippen molar-refractivity contribution in [3.63, 3.8) is 0 Å². The summed E-state index contributed by atoms with van der Waals surface area (Å²) in [5.41, 5.74) is 2.79. The highest BCUT2D eigenvalue weighted by Crippen LogP contribution is 2.35. The van der Waals surface area contributed by atoms with Crippen molar-refractivity contribution in [1.82, 2.24) is 25.5 Å². The number of carbonyl (C=O) groups is 2. The molecule has 0 radical (unpaired) electrons. The largest absolute Gasteiger partial charge is 0.494 e. The van der Waals surface area contributed by atoms with Gasteiger partial charge in [0.25, 0.3) is 5.91 Å². The number of nitrogens with one attached hydrogen (secondary N) is 1. The van der Waals surface area contributed by atoms with Gasteiger partial charge in [-0.15, -0.1) is 5.10 Å². The van der Waals surface area contributed by atoms with Gasteiger partial charge in [-0.1, -0.05) is 49.1 Å². The lowest BCUT2D eigenvalue weighted by Gasteiger charge is -2.33. The van der Waals surface area contributed by atoms with E-state index in [4.69, 9.17) is 9.15 Å². The minimum absolute atomic E-state index is 0.0708. The number of hydrogen-bond donors (Lipinski definition) is 1. The summed E-state index contributed by atoms with van der Waals surface area (Å²) >= 11 is 0. The van der Waals surface area contributed by atoms with Gasteiger partial charge in [-0.2, -0.15) is 4.68 Å². The van der Waals surface area contributed by atoms with Gasteiger partial charge in [0.05, 0.1) is 13.4 Å². The first-order chi connectivity index (χ1) is 18.5. The van der Waals surface area contributed by atoms with E-state index in [1.165, 1.54) is 35.7 Å². The molecule has 1 aliphatic rings. The number of aryl methyl sites for hydroxylation is 1. The van der Waals surface area contributed by atoms with Crippen LogP contribution in [-0.2, 0) is 4.79 Å². The Balaban J connectivity index is 1.62. The summed E-state index contributed by atoms with van der Waals surface area (Å²) in [6, 6.07) is 15.2. The van der Waals surface area contributed by atoms with Crippen LogP contribution >= 0.6 is 0 Å². The summed E-state index contributed by atoms with van der Waals surface area (Å²) in [6.45, 7) is 1.98. The summed E-state index contributed by atoms with van der Waals surface area (Å²) in [6.07, 6.45) is 8.06. The molecule has 0 bridgehead atoms. The van der Waals surface area contributed by atoms with E-state index in [1.54, 1.807) is 30.3 Å². The van der Waals surface area contributed by atoms with Gasteiger partial charge in [0.2, 0.25) is 5.91 Å². The van der Waals surface area contributed by atoms with Crippen molar-refractivity contribution in [3.8, 4) is 11.4 Å². The summed E-state index contributed by atoms with van der Waals surface area (Å²) in [5.74, 6) is -0.140. The van der Waals surface area contributed by atoms with Crippen molar-refractivity contribution in [2.75, 3.05) is 12.0 Å². The third-order valence-electron chi connectivity index (χ3n) is 6.84. The van der Waals surface area contributed by atoms with Crippen LogP contribution in [0.1, 0.15) is 59.8 Å². The molecular weight excluding hydrogens is 484 g/mol. The maximum atomic E-state index is 14.0. The van der Waals surface area contributed by atoms with Crippen molar-refractivity contribution in [2.24, 2.45) is 0 Å². The van der Waals surface area contributed by atoms with E-state index in [2.05, 4.69) is 20.8 Å². The number of nitrogens with zero attached hydrogens (tertiary/aromatic N) is 5. The standard InChI is InChI=1S/C28H30N6O4/c1-19-10-12-20(13-11-19)26(27(35)30-21-7-4-3-5-8-21)34(28(36)24-9-6-16-38-24)22-14-15-23(25(17-22)37-2)33-18-29-31-32-33/h6,9-18,21,26H,3-5,7-8H2,1-2H3,(H,30,35)/t26-/m1/s1. The smallest absolute Gasteiger partial charge is 0.294 e. The molecule has 2 aromatic heterocycles. The number of carbonyl (C=O) groups excluding carboxylic acids is 2. The molecule has 0 aliphatic heterocycles. The molecule has 4 aromatic rings. The van der Waals surface area contributed by atoms with E-state index < -0.39 is 11.9 Å². The fraction of sp³-hybridized carbons (Fsp3) is 0.321. The van der Waals surface area contributed by atoms with E-state index in [1.807, 2.05) is 31.2 Å². The molecule has 196 valence electrons. The zero-order valence-electron chi connectivity index (χ0n) is 21.4. The van der Waals surface area contributed by atoms with Crippen LogP contribution in [0.4, 0.5) is 5.69 Å². The Hall–Kier alpha value is -4.47. The number of methoxy groups -OCH3 is 1. The van der Waals surface area contributed by atoms with Crippen LogP contribution in [0.2, 0.25) is 0 Å². The third kappa shape index (κ3) is 5.29. The van der Waals surface area contributed by atoms with Crippen molar-refractivity contribution in [2.45, 2.75) is 51.1 Å². The Labute approximate surface area is 220 Å². The number of hydrogen-bond acceptors (Lipinski definition) is 7. The Morgan fingerprint density at radius 3 is 2.55 bits per heavy atom. The van der Waals surface area contributed by atoms with Crippen LogP contribution in [0, 0.1) is 6.92 Å². The fourth-order valence-corrected chi connectivity index (χ4v) is 4.87. The van der Waals surface area contributed by atoms with Crippen LogP contribution in [0.25, 0.3) is 5.69 Å². The summed E-state index contributed by atoms with van der Waals surface area (Å²) in [4.78, 5) is 29.4. The highest BCUT2D eigenvalue weighted by molar-refractivity contribution is 6.08. The lowest BCUT2D eigenvalue weighted by molar-refractivity contribution is -0.123. The molecule has 10 nitrogen and oxygen atoms in total. The maximum absolute atomic E-state index is 14.0. The second-order valence-electron chi connectivity index (χ2n) is 9.42. The lowest BCUT2D eigenvalue weighted by atomic mass is 9.94. The van der Waals surface area contributed by atoms with Crippen molar-refractivity contribution >= 4 is 17.5 Å². The lowest BCUT2D eigenvalue weighted by Crippen LogP contribution is -2.47. The highest BCUT2D eigenvalue weighted by atomic mass is 16.5. The predicted molar refractivity (Wildman–Crippen MR) is 140 cm³/mol. The van der Waals surface area contributed by atoms with Gasteiger partial charge < -0.3 is 14.5 Å². The summed E-state index contributed by atoms with van der Waals surface area (Å²) < 4.78 is 12.6. The van der Waals surface area contributed by atoms with Gasteiger partial charge in [-0.3, -0.25) is 14.5 Å². The van der Waals surface area contributed by atoms with E-state index in [-0.39, 0.29) is 17.7 Å². The zero-order valence-corrected chi connectivity index (χ0v) is 21.4. The summed E-state index contributed by atoms with van der Waals surface area (Å²) in [7, 11) is 1.53. The monoisotopic (exact) mass is 514 g/mol. The molecule has 1 fully saturated rings. The van der Waals surface area contributed by atoms with Gasteiger partial charge in [-0.05, 0) is 60.0 Å². The molecule has 2 aromatic carbocycles. The van der Waals surface area contributed by atoms with Crippen LogP contribution in [0.15, 0.2) is 71.6 Å². The van der Waals surface area contributed by atoms with E-state index in [0.717, 1.165) is 31.2 Å². The second kappa shape index (κ2) is 11.3. The van der Waals surface area contributed by atoms with Gasteiger partial charge in [-0.25, -0.2) is 0 Å². The SMILES string of the molecule is COc1cc(N(C(=O)c2ccco2)[C@@H](C(=O)NC2CCCCC2)c2ccc(C)cc2)ccc1-n1cnnn1. The van der Waals surface area contributed by atoms with Crippen LogP contribution in [-0.4, -0.2) is 45.2 Å². The second-order valence-corrected chi connectivity index (χ2v) is 9.42. The Morgan fingerprint density at radius 2 is 1.89 bits per heavy atom. The first-order valence-electron chi connectivity index (χ1n) is 12.7. The van der Waals surface area contributed by atoms with Crippen molar-refractivity contribution < 1.29 is 18.7 Å². The molecule has 2 heterocycles. The number of anilines is 1. The first kappa shape index (κ1) is 25.2. The maximum Gasteiger partial charge on any atom is 0.294 e. The Kier molecular flexibility index (Phi) is 7.48. The minimum atomic E-state index is -0.946. The van der Waals surface area contributed by atoms with Crippen LogP contribution in [0.5, 0.6) is 5.75 Å². The predicted octanol–water partition coefficient (Wildman–Crippen LogP) is 4.41. The molecule has 1 atom stereocenters. The number of benzene rings is 2. The third-order valence-corrected chi connectivity index (χ3v) is 6.84. The highest BCUT2D eigenvalue weighted by Gasteiger charge is 2.36. The number of amides is 2. The topological polar surface area (TPSA) is 115 Å². The number of furan rings is 1. The average molecular weight is 515 g/mol. The summed E-state index contributed by atoms with van der Waals surface area (Å²) in [5, 5.41) is 14.6. The molecule has 2 amide bonds. The van der Waals surface area contributed by atoms with Crippen molar-refractivity contribution in [3.05, 3.63) is 84.1 Å². The normalized spacial score (nSPS) is 14.6. The van der Waals surface area contributed by atoms with Crippen LogP contribution < -0.4 is 15.0 Å². The minimum Gasteiger partial charge on any atom is -0.494 e. The molecular formula is C28H30N6O4. The van der Waals surface area contributed by atoms with Crippen LogP contribution in [0.3, 0.4) is 0 Å². The van der Waals surface area contributed by atoms with Gasteiger partial charge in [0, 0.05) is 17.8 Å². The molecule has 0 saturated heterocycles. The first-order valence-corrected chi connectivity index (χ1v) is 12.7.